The Kier molecular flexibility index (Phi) is 5.55. The van der Waals surface area contributed by atoms with Crippen molar-refractivity contribution in [2.45, 2.75) is 82.6 Å². The number of rotatable bonds is 2. The van der Waals surface area contributed by atoms with Crippen LogP contribution in [0.1, 0.15) is 70.4 Å². The maximum Gasteiger partial charge on any atom is 0.216 e. The molecule has 31 heavy (non-hydrogen) atoms. The highest BCUT2D eigenvalue weighted by atomic mass is 16.6. The molecule has 2 N–H and O–H groups in total. The zero-order valence-corrected chi connectivity index (χ0v) is 19.3. The summed E-state index contributed by atoms with van der Waals surface area (Å²) in [6.45, 7) is 8.32. The Hall–Kier alpha value is -1.24. The number of aliphatic hydroxyl groups excluding tert-OH is 1. The van der Waals surface area contributed by atoms with Crippen molar-refractivity contribution in [3.8, 4) is 0 Å². The molecule has 1 aromatic rings. The van der Waals surface area contributed by atoms with E-state index in [0.29, 0.717) is 11.8 Å². The lowest BCUT2D eigenvalue weighted by Gasteiger charge is -2.46. The molecule has 5 nitrogen and oxygen atoms in total. The maximum atomic E-state index is 10.5. The molecule has 4 unspecified atom stereocenters. The van der Waals surface area contributed by atoms with Gasteiger partial charge in [0.25, 0.3) is 0 Å². The Morgan fingerprint density at radius 3 is 2.68 bits per heavy atom. The number of piperidine rings is 1. The third-order valence-corrected chi connectivity index (χ3v) is 7.79. The third kappa shape index (κ3) is 4.00. The number of fused-ring (bicyclic) bond motifs is 4. The molecule has 2 spiro atoms. The molecule has 1 aromatic carbocycles. The number of nitrogens with one attached hydrogen (secondary N) is 1. The number of hydrogen-bond donors (Lipinski definition) is 2. The van der Waals surface area contributed by atoms with Crippen molar-refractivity contribution < 1.29 is 14.6 Å². The first kappa shape index (κ1) is 21.6. The summed E-state index contributed by atoms with van der Waals surface area (Å²) >= 11 is 0. The van der Waals surface area contributed by atoms with Crippen LogP contribution in [0.3, 0.4) is 0 Å². The fourth-order valence-electron chi connectivity index (χ4n) is 6.27. The molecule has 3 fully saturated rings. The number of benzene rings is 1. The summed E-state index contributed by atoms with van der Waals surface area (Å²) in [5, 5.41) is 14.4. The molecule has 170 valence electrons. The molecule has 4 atom stereocenters. The zero-order chi connectivity index (χ0) is 21.7. The highest BCUT2D eigenvalue weighted by Gasteiger charge is 2.57. The molecule has 4 aliphatic rings. The summed E-state index contributed by atoms with van der Waals surface area (Å²) in [6, 6.07) is 8.82. The van der Waals surface area contributed by atoms with Crippen molar-refractivity contribution in [1.29, 1.82) is 0 Å². The van der Waals surface area contributed by atoms with Crippen LogP contribution in [0.4, 0.5) is 0 Å². The molecule has 2 aliphatic heterocycles. The van der Waals surface area contributed by atoms with Crippen LogP contribution in [0, 0.1) is 11.8 Å². The number of likely N-dealkylation sites (tertiary alicyclic amines) is 1. The summed E-state index contributed by atoms with van der Waals surface area (Å²) in [6.07, 6.45) is 10.7. The van der Waals surface area contributed by atoms with Crippen LogP contribution < -0.4 is 5.32 Å². The first-order chi connectivity index (χ1) is 14.8. The van der Waals surface area contributed by atoms with Crippen molar-refractivity contribution >= 4 is 6.08 Å². The number of nitrogens with zero attached hydrogens (tertiary/aromatic N) is 1. The van der Waals surface area contributed by atoms with Crippen molar-refractivity contribution in [1.82, 2.24) is 10.2 Å². The molecule has 5 heteroatoms. The van der Waals surface area contributed by atoms with Gasteiger partial charge in [-0.15, -0.1) is 0 Å². The van der Waals surface area contributed by atoms with Gasteiger partial charge in [-0.2, -0.15) is 0 Å². The zero-order valence-electron chi connectivity index (χ0n) is 19.3. The van der Waals surface area contributed by atoms with Crippen LogP contribution in [-0.2, 0) is 15.1 Å². The third-order valence-electron chi connectivity index (χ3n) is 7.79. The van der Waals surface area contributed by atoms with Crippen LogP contribution in [-0.4, -0.2) is 47.4 Å². The van der Waals surface area contributed by atoms with Crippen molar-refractivity contribution in [3.05, 3.63) is 41.5 Å². The molecule has 1 saturated carbocycles. The standard InChI is InChI=1S/C26H38N2O3/c1-24(2,3)30-23(29)28-16-14-25(15-17-28)27-18-26(31-25)21-10-6-4-8-19(21)12-13-20-9-5-7-11-22(20)26/h4,6,8,10,12-13,20,22-23,27,29H,5,7,9,11,14-18H2,1-3H3. The lowest BCUT2D eigenvalue weighted by molar-refractivity contribution is -0.255. The van der Waals surface area contributed by atoms with E-state index in [4.69, 9.17) is 9.47 Å². The first-order valence-electron chi connectivity index (χ1n) is 12.1. The highest BCUT2D eigenvalue weighted by molar-refractivity contribution is 5.58. The van der Waals surface area contributed by atoms with E-state index in [-0.39, 0.29) is 16.9 Å². The van der Waals surface area contributed by atoms with Gasteiger partial charge in [-0.3, -0.25) is 10.2 Å². The van der Waals surface area contributed by atoms with Crippen LogP contribution in [0.15, 0.2) is 30.3 Å². The predicted octanol–water partition coefficient (Wildman–Crippen LogP) is 4.22. The summed E-state index contributed by atoms with van der Waals surface area (Å²) < 4.78 is 13.0. The smallest absolute Gasteiger partial charge is 0.216 e. The van der Waals surface area contributed by atoms with E-state index in [2.05, 4.69) is 41.7 Å². The van der Waals surface area contributed by atoms with Crippen LogP contribution >= 0.6 is 0 Å². The number of aliphatic hydroxyl groups is 1. The minimum Gasteiger partial charge on any atom is -0.356 e. The minimum atomic E-state index is -0.863. The van der Waals surface area contributed by atoms with Gasteiger partial charge in [0.05, 0.1) is 5.60 Å². The monoisotopic (exact) mass is 426 g/mol. The Labute approximate surface area is 186 Å². The van der Waals surface area contributed by atoms with Crippen LogP contribution in [0.2, 0.25) is 0 Å². The van der Waals surface area contributed by atoms with E-state index < -0.39 is 6.41 Å². The quantitative estimate of drug-likeness (QED) is 0.694. The second-order valence-corrected chi connectivity index (χ2v) is 10.9. The molecule has 2 heterocycles. The number of allylic oxidation sites excluding steroid dienone is 1. The molecule has 5 rings (SSSR count). The fraction of sp³-hybridized carbons (Fsp3) is 0.692. The van der Waals surface area contributed by atoms with E-state index in [1.54, 1.807) is 0 Å². The van der Waals surface area contributed by atoms with E-state index in [1.807, 2.05) is 25.7 Å². The lowest BCUT2D eigenvalue weighted by Crippen LogP contribution is -2.55. The van der Waals surface area contributed by atoms with Crippen molar-refractivity contribution in [2.75, 3.05) is 19.6 Å². The lowest BCUT2D eigenvalue weighted by atomic mass is 9.68. The van der Waals surface area contributed by atoms with Crippen molar-refractivity contribution in [2.24, 2.45) is 11.8 Å². The molecule has 0 aromatic heterocycles. The number of ether oxygens (including phenoxy) is 2. The Balaban J connectivity index is 1.38. The van der Waals surface area contributed by atoms with Crippen LogP contribution in [0.5, 0.6) is 0 Å². The molecular formula is C26H38N2O3. The van der Waals surface area contributed by atoms with Crippen LogP contribution in [0.25, 0.3) is 6.08 Å². The van der Waals surface area contributed by atoms with E-state index in [0.717, 1.165) is 32.5 Å². The van der Waals surface area contributed by atoms with Gasteiger partial charge in [-0.05, 0) is 56.6 Å². The molecule has 2 aliphatic carbocycles. The second kappa shape index (κ2) is 7.96. The second-order valence-electron chi connectivity index (χ2n) is 10.9. The average Bonchev–Trinajstić information content (AvgIpc) is 3.05. The number of hydrogen-bond acceptors (Lipinski definition) is 5. The van der Waals surface area contributed by atoms with Gasteiger partial charge < -0.3 is 14.6 Å². The summed E-state index contributed by atoms with van der Waals surface area (Å²) in [4.78, 5) is 2.03. The predicted molar refractivity (Wildman–Crippen MR) is 122 cm³/mol. The summed E-state index contributed by atoms with van der Waals surface area (Å²) in [5.74, 6) is 1.10. The normalized spacial score (nSPS) is 33.8. The van der Waals surface area contributed by atoms with Gasteiger partial charge in [0.15, 0.2) is 0 Å². The van der Waals surface area contributed by atoms with Gasteiger partial charge in [-0.1, -0.05) is 49.3 Å². The highest BCUT2D eigenvalue weighted by Crippen LogP contribution is 2.53. The van der Waals surface area contributed by atoms with Gasteiger partial charge in [0.1, 0.15) is 11.3 Å². The first-order valence-corrected chi connectivity index (χ1v) is 12.1. The summed E-state index contributed by atoms with van der Waals surface area (Å²) in [7, 11) is 0. The largest absolute Gasteiger partial charge is 0.356 e. The van der Waals surface area contributed by atoms with E-state index in [9.17, 15) is 5.11 Å². The van der Waals surface area contributed by atoms with Crippen molar-refractivity contribution in [3.63, 3.8) is 0 Å². The molecule has 2 saturated heterocycles. The Morgan fingerprint density at radius 2 is 1.90 bits per heavy atom. The molecule has 0 radical (unpaired) electrons. The van der Waals surface area contributed by atoms with Gasteiger partial charge in [0.2, 0.25) is 6.41 Å². The Morgan fingerprint density at radius 1 is 1.16 bits per heavy atom. The SMILES string of the molecule is CC(C)(C)OC(O)N1CCC2(CC1)NCC1(O2)c2ccccc2C=CC2CCCCC21. The topological polar surface area (TPSA) is 54.0 Å². The molecule has 0 amide bonds. The fourth-order valence-corrected chi connectivity index (χ4v) is 6.27. The van der Waals surface area contributed by atoms with Gasteiger partial charge in [0, 0.05) is 32.5 Å². The van der Waals surface area contributed by atoms with E-state index in [1.165, 1.54) is 36.8 Å². The van der Waals surface area contributed by atoms with Gasteiger partial charge in [-0.25, -0.2) is 0 Å². The maximum absolute atomic E-state index is 10.5. The summed E-state index contributed by atoms with van der Waals surface area (Å²) in [5.41, 5.74) is 1.70. The van der Waals surface area contributed by atoms with E-state index >= 15 is 0 Å². The average molecular weight is 427 g/mol. The van der Waals surface area contributed by atoms with Gasteiger partial charge >= 0.3 is 0 Å². The molecular weight excluding hydrogens is 388 g/mol. The Bertz CT molecular complexity index is 824. The molecule has 0 bridgehead atoms. The minimum absolute atomic E-state index is 0.270.